The summed E-state index contributed by atoms with van der Waals surface area (Å²) in [5.74, 6) is 2.55. The number of thiocarbonyl (C=S) groups is 1. The number of hydrogen-bond acceptors (Lipinski definition) is 8. The van der Waals surface area contributed by atoms with Crippen LogP contribution in [-0.2, 0) is 17.8 Å². The number of carbonyl (C=O) groups excluding carboxylic acids is 1. The van der Waals surface area contributed by atoms with E-state index >= 15 is 0 Å². The lowest BCUT2D eigenvalue weighted by atomic mass is 9.97. The molecule has 8 nitrogen and oxygen atoms in total. The lowest BCUT2D eigenvalue weighted by Crippen LogP contribution is -2.39. The molecule has 0 atom stereocenters. The lowest BCUT2D eigenvalue weighted by molar-refractivity contribution is -0.122. The minimum absolute atomic E-state index is 0.130. The summed E-state index contributed by atoms with van der Waals surface area (Å²) in [6.45, 7) is 8.74. The highest BCUT2D eigenvalue weighted by Gasteiger charge is 2.33. The van der Waals surface area contributed by atoms with E-state index in [-0.39, 0.29) is 17.0 Å². The van der Waals surface area contributed by atoms with E-state index in [4.69, 9.17) is 21.7 Å². The predicted molar refractivity (Wildman–Crippen MR) is 169 cm³/mol. The van der Waals surface area contributed by atoms with Gasteiger partial charge in [0, 0.05) is 31.7 Å². The number of hydrogen-bond donors (Lipinski definition) is 0. The maximum Gasteiger partial charge on any atom is 0.270 e. The fraction of sp³-hybridized carbons (Fsp3) is 0.484. The van der Waals surface area contributed by atoms with Crippen LogP contribution in [0.5, 0.6) is 11.5 Å². The van der Waals surface area contributed by atoms with Crippen LogP contribution < -0.4 is 19.9 Å². The molecule has 0 N–H and O–H groups in total. The molecule has 4 rings (SSSR count). The molecule has 0 saturated carbocycles. The summed E-state index contributed by atoms with van der Waals surface area (Å²) in [5, 5.41) is 9.94. The van der Waals surface area contributed by atoms with E-state index < -0.39 is 0 Å². The Balaban J connectivity index is 1.70. The molecule has 2 aliphatic heterocycles. The van der Waals surface area contributed by atoms with Crippen LogP contribution >= 0.6 is 24.0 Å². The molecule has 1 aromatic heterocycles. The van der Waals surface area contributed by atoms with Crippen LogP contribution in [0, 0.1) is 24.2 Å². The van der Waals surface area contributed by atoms with Gasteiger partial charge in [0.1, 0.15) is 21.8 Å². The smallest absolute Gasteiger partial charge is 0.270 e. The fourth-order valence-corrected chi connectivity index (χ4v) is 6.62. The van der Waals surface area contributed by atoms with Crippen LogP contribution in [0.4, 0.5) is 5.82 Å². The Kier molecular flexibility index (Phi) is 10.2. The van der Waals surface area contributed by atoms with E-state index in [1.165, 1.54) is 11.8 Å². The largest absolute Gasteiger partial charge is 0.493 e. The third-order valence-corrected chi connectivity index (χ3v) is 9.26. The number of unbranched alkanes of at least 4 members (excludes halogenated alkanes) is 1. The van der Waals surface area contributed by atoms with E-state index in [2.05, 4.69) is 24.8 Å². The summed E-state index contributed by atoms with van der Waals surface area (Å²) in [6, 6.07) is 7.85. The van der Waals surface area contributed by atoms with Gasteiger partial charge in [0.15, 0.2) is 11.5 Å². The molecule has 2 saturated heterocycles. The van der Waals surface area contributed by atoms with Crippen LogP contribution in [0.15, 0.2) is 27.9 Å². The second kappa shape index (κ2) is 13.6. The Bertz CT molecular complexity index is 1450. The van der Waals surface area contributed by atoms with Gasteiger partial charge in [0.25, 0.3) is 11.5 Å². The van der Waals surface area contributed by atoms with Crippen molar-refractivity contribution in [1.29, 1.82) is 5.26 Å². The second-order valence-corrected chi connectivity index (χ2v) is 12.3. The van der Waals surface area contributed by atoms with E-state index in [0.717, 1.165) is 55.7 Å². The highest BCUT2D eigenvalue weighted by atomic mass is 32.2. The fourth-order valence-electron chi connectivity index (χ4n) is 5.33. The average molecular weight is 595 g/mol. The van der Waals surface area contributed by atoms with Crippen LogP contribution in [0.2, 0.25) is 0 Å². The van der Waals surface area contributed by atoms with Crippen LogP contribution in [-0.4, -0.2) is 53.5 Å². The Labute approximate surface area is 251 Å². The van der Waals surface area contributed by atoms with E-state index in [9.17, 15) is 14.9 Å². The number of thioether (sulfide) groups is 1. The zero-order valence-corrected chi connectivity index (χ0v) is 26.1. The molecule has 0 unspecified atom stereocenters. The zero-order valence-electron chi connectivity index (χ0n) is 24.5. The van der Waals surface area contributed by atoms with E-state index in [1.807, 2.05) is 31.2 Å². The number of benzene rings is 1. The number of methoxy groups -OCH3 is 2. The standard InChI is InChI=1S/C31H38N4O4S2/c1-6-7-13-34-28(33-14-10-20(2)11-15-33)23(21(3)24(19-32)29(34)36)18-27-30(37)35(31(40)41-27)16-12-22-8-9-25(38-4)26(17-22)39-5/h8-9,17-18,20H,6-7,10-16H2,1-5H3/b27-18+. The molecule has 0 spiro atoms. The van der Waals surface area contributed by atoms with Crippen molar-refractivity contribution in [2.24, 2.45) is 5.92 Å². The molecule has 218 valence electrons. The van der Waals surface area contributed by atoms with E-state index in [1.54, 1.807) is 23.7 Å². The van der Waals surface area contributed by atoms with Crippen molar-refractivity contribution >= 4 is 46.1 Å². The van der Waals surface area contributed by atoms with Crippen LogP contribution in [0.1, 0.15) is 61.8 Å². The van der Waals surface area contributed by atoms with Crippen LogP contribution in [0.25, 0.3) is 6.08 Å². The van der Waals surface area contributed by atoms with Crippen molar-refractivity contribution in [3.63, 3.8) is 0 Å². The van der Waals surface area contributed by atoms with Crippen molar-refractivity contribution in [1.82, 2.24) is 9.47 Å². The Hall–Kier alpha value is -3.29. The van der Waals surface area contributed by atoms with Crippen LogP contribution in [0.3, 0.4) is 0 Å². The molecule has 3 heterocycles. The van der Waals surface area contributed by atoms with Crippen molar-refractivity contribution in [2.75, 3.05) is 38.8 Å². The third kappa shape index (κ3) is 6.47. The van der Waals surface area contributed by atoms with Crippen molar-refractivity contribution in [3.8, 4) is 17.6 Å². The number of aromatic nitrogens is 1. The SMILES string of the molecule is CCCCn1c(N2CCC(C)CC2)c(/C=C2/SC(=S)N(CCc3ccc(OC)c(OC)c3)C2=O)c(C)c(C#N)c1=O. The summed E-state index contributed by atoms with van der Waals surface area (Å²) in [7, 11) is 3.19. The number of ether oxygens (including phenoxy) is 2. The summed E-state index contributed by atoms with van der Waals surface area (Å²) < 4.78 is 13.0. The van der Waals surface area contributed by atoms with E-state index in [0.29, 0.717) is 51.7 Å². The van der Waals surface area contributed by atoms with Gasteiger partial charge in [-0.3, -0.25) is 19.1 Å². The molecule has 2 aromatic rings. The third-order valence-electron chi connectivity index (χ3n) is 7.89. The summed E-state index contributed by atoms with van der Waals surface area (Å²) in [4.78, 5) is 31.5. The first-order valence-electron chi connectivity index (χ1n) is 14.1. The molecule has 0 radical (unpaired) electrons. The summed E-state index contributed by atoms with van der Waals surface area (Å²) in [6.07, 6.45) is 6.24. The monoisotopic (exact) mass is 594 g/mol. The van der Waals surface area contributed by atoms with Gasteiger partial charge in [-0.15, -0.1) is 0 Å². The number of amides is 1. The first-order chi connectivity index (χ1) is 19.7. The molecule has 0 aliphatic carbocycles. The van der Waals surface area contributed by atoms with Gasteiger partial charge < -0.3 is 14.4 Å². The molecular formula is C31H38N4O4S2. The first kappa shape index (κ1) is 30.7. The molecule has 2 aliphatic rings. The maximum absolute atomic E-state index is 13.6. The normalized spacial score (nSPS) is 16.9. The topological polar surface area (TPSA) is 87.8 Å². The summed E-state index contributed by atoms with van der Waals surface area (Å²) >= 11 is 6.90. The molecule has 1 aromatic carbocycles. The van der Waals surface area contributed by atoms with Crippen molar-refractivity contribution in [2.45, 2.75) is 59.4 Å². The van der Waals surface area contributed by atoms with Gasteiger partial charge in [-0.25, -0.2) is 0 Å². The van der Waals surface area contributed by atoms with Gasteiger partial charge in [0.2, 0.25) is 0 Å². The number of piperidine rings is 1. The maximum atomic E-state index is 13.6. The summed E-state index contributed by atoms with van der Waals surface area (Å²) in [5.41, 5.74) is 2.23. The van der Waals surface area contributed by atoms with Gasteiger partial charge in [-0.05, 0) is 67.9 Å². The van der Waals surface area contributed by atoms with Crippen molar-refractivity contribution < 1.29 is 14.3 Å². The van der Waals surface area contributed by atoms with Crippen molar-refractivity contribution in [3.05, 3.63) is 55.7 Å². The number of nitriles is 1. The minimum atomic E-state index is -0.258. The highest BCUT2D eigenvalue weighted by Crippen LogP contribution is 2.37. The molecule has 2 fully saturated rings. The average Bonchev–Trinajstić information content (AvgIpc) is 3.24. The van der Waals surface area contributed by atoms with Gasteiger partial charge >= 0.3 is 0 Å². The lowest BCUT2D eigenvalue weighted by Gasteiger charge is -2.35. The second-order valence-electron chi connectivity index (χ2n) is 10.6. The number of rotatable bonds is 10. The number of pyridine rings is 1. The number of carbonyl (C=O) groups is 1. The Morgan fingerprint density at radius 1 is 1.15 bits per heavy atom. The molecule has 41 heavy (non-hydrogen) atoms. The highest BCUT2D eigenvalue weighted by molar-refractivity contribution is 8.26. The Morgan fingerprint density at radius 2 is 1.85 bits per heavy atom. The number of anilines is 1. The zero-order chi connectivity index (χ0) is 29.7. The molecule has 10 heteroatoms. The predicted octanol–water partition coefficient (Wildman–Crippen LogP) is 5.53. The molecule has 0 bridgehead atoms. The minimum Gasteiger partial charge on any atom is -0.493 e. The quantitative estimate of drug-likeness (QED) is 0.262. The van der Waals surface area contributed by atoms with Gasteiger partial charge in [0.05, 0.1) is 19.1 Å². The Morgan fingerprint density at radius 3 is 2.49 bits per heavy atom. The number of nitrogens with zero attached hydrogens (tertiary/aromatic N) is 4. The van der Waals surface area contributed by atoms with Gasteiger partial charge in [-0.1, -0.05) is 50.3 Å². The van der Waals surface area contributed by atoms with Gasteiger partial charge in [-0.2, -0.15) is 5.26 Å². The molecule has 1 amide bonds. The molecular weight excluding hydrogens is 556 g/mol. The first-order valence-corrected chi connectivity index (χ1v) is 15.3.